The standard InChI is InChI=1S/C13H18N2O4S/c1-3-19-12-5-4-11(8-10(12)2)20(17,18)15-7-6-14-13(16)9-15/h4-5,8H,3,6-7,9H2,1-2H3,(H,14,16). The molecule has 1 aromatic carbocycles. The third-order valence-electron chi connectivity index (χ3n) is 3.09. The average molecular weight is 298 g/mol. The molecular formula is C13H18N2O4S. The molecule has 20 heavy (non-hydrogen) atoms. The Balaban J connectivity index is 2.29. The summed E-state index contributed by atoms with van der Waals surface area (Å²) in [5.74, 6) is 0.394. The van der Waals surface area contributed by atoms with Crippen molar-refractivity contribution in [1.29, 1.82) is 0 Å². The van der Waals surface area contributed by atoms with E-state index >= 15 is 0 Å². The van der Waals surface area contributed by atoms with Crippen molar-refractivity contribution in [3.05, 3.63) is 23.8 Å². The SMILES string of the molecule is CCOc1ccc(S(=O)(=O)N2CCNC(=O)C2)cc1C. The highest BCUT2D eigenvalue weighted by atomic mass is 32.2. The minimum Gasteiger partial charge on any atom is -0.494 e. The Labute approximate surface area is 118 Å². The first kappa shape index (κ1) is 14.8. The lowest BCUT2D eigenvalue weighted by Gasteiger charge is -2.26. The van der Waals surface area contributed by atoms with Crippen molar-refractivity contribution in [2.24, 2.45) is 0 Å². The number of piperazine rings is 1. The minimum atomic E-state index is -3.63. The zero-order valence-electron chi connectivity index (χ0n) is 11.5. The van der Waals surface area contributed by atoms with Crippen LogP contribution in [0.2, 0.25) is 0 Å². The van der Waals surface area contributed by atoms with Crippen molar-refractivity contribution in [2.75, 3.05) is 26.2 Å². The molecule has 0 aliphatic carbocycles. The highest BCUT2D eigenvalue weighted by Crippen LogP contribution is 2.24. The van der Waals surface area contributed by atoms with Crippen LogP contribution in [-0.4, -0.2) is 44.9 Å². The summed E-state index contributed by atoms with van der Waals surface area (Å²) in [7, 11) is -3.63. The number of hydrogen-bond donors (Lipinski definition) is 1. The fraction of sp³-hybridized carbons (Fsp3) is 0.462. The molecule has 7 heteroatoms. The highest BCUT2D eigenvalue weighted by molar-refractivity contribution is 7.89. The Morgan fingerprint density at radius 2 is 2.15 bits per heavy atom. The summed E-state index contributed by atoms with van der Waals surface area (Å²) >= 11 is 0. The molecule has 1 fully saturated rings. The van der Waals surface area contributed by atoms with E-state index in [0.717, 1.165) is 5.56 Å². The van der Waals surface area contributed by atoms with E-state index < -0.39 is 10.0 Å². The van der Waals surface area contributed by atoms with Crippen molar-refractivity contribution in [2.45, 2.75) is 18.7 Å². The molecule has 0 saturated carbocycles. The molecule has 2 rings (SSSR count). The molecule has 1 amide bonds. The number of amides is 1. The monoisotopic (exact) mass is 298 g/mol. The molecule has 110 valence electrons. The molecule has 0 unspecified atom stereocenters. The van der Waals surface area contributed by atoms with Gasteiger partial charge in [-0.2, -0.15) is 4.31 Å². The predicted molar refractivity (Wildman–Crippen MR) is 74.1 cm³/mol. The Bertz CT molecular complexity index is 613. The first-order chi connectivity index (χ1) is 9.45. The maximum atomic E-state index is 12.5. The van der Waals surface area contributed by atoms with Gasteiger partial charge in [0.25, 0.3) is 0 Å². The fourth-order valence-corrected chi connectivity index (χ4v) is 3.55. The van der Waals surface area contributed by atoms with E-state index in [0.29, 0.717) is 25.4 Å². The molecule has 6 nitrogen and oxygen atoms in total. The van der Waals surface area contributed by atoms with Gasteiger partial charge in [-0.15, -0.1) is 0 Å². The number of hydrogen-bond acceptors (Lipinski definition) is 4. The first-order valence-corrected chi connectivity index (χ1v) is 7.89. The van der Waals surface area contributed by atoms with Gasteiger partial charge in [-0.1, -0.05) is 0 Å². The summed E-state index contributed by atoms with van der Waals surface area (Å²) in [5, 5.41) is 2.61. The van der Waals surface area contributed by atoms with Gasteiger partial charge in [-0.3, -0.25) is 4.79 Å². The molecule has 1 aromatic rings. The molecule has 0 radical (unpaired) electrons. The maximum Gasteiger partial charge on any atom is 0.243 e. The lowest BCUT2D eigenvalue weighted by molar-refractivity contribution is -0.122. The normalized spacial score (nSPS) is 16.8. The van der Waals surface area contributed by atoms with Gasteiger partial charge in [-0.25, -0.2) is 8.42 Å². The molecule has 0 atom stereocenters. The Kier molecular flexibility index (Phi) is 4.29. The van der Waals surface area contributed by atoms with Crippen LogP contribution >= 0.6 is 0 Å². The Hall–Kier alpha value is -1.60. The topological polar surface area (TPSA) is 75.7 Å². The number of carbonyl (C=O) groups excluding carboxylic acids is 1. The molecule has 0 aromatic heterocycles. The van der Waals surface area contributed by atoms with Crippen LogP contribution in [0.4, 0.5) is 0 Å². The van der Waals surface area contributed by atoms with Crippen molar-refractivity contribution in [3.63, 3.8) is 0 Å². The molecule has 0 spiro atoms. The minimum absolute atomic E-state index is 0.130. The van der Waals surface area contributed by atoms with Gasteiger partial charge >= 0.3 is 0 Å². The van der Waals surface area contributed by atoms with Gasteiger partial charge in [0.1, 0.15) is 5.75 Å². The molecule has 1 heterocycles. The average Bonchev–Trinajstić information content (AvgIpc) is 2.41. The lowest BCUT2D eigenvalue weighted by Crippen LogP contribution is -2.49. The summed E-state index contributed by atoms with van der Waals surface area (Å²) in [6.45, 7) is 4.70. The summed E-state index contributed by atoms with van der Waals surface area (Å²) < 4.78 is 31.5. The lowest BCUT2D eigenvalue weighted by atomic mass is 10.2. The molecule has 1 aliphatic heterocycles. The number of sulfonamides is 1. The van der Waals surface area contributed by atoms with Gasteiger partial charge in [0.15, 0.2) is 0 Å². The van der Waals surface area contributed by atoms with Gasteiger partial charge in [-0.05, 0) is 37.6 Å². The van der Waals surface area contributed by atoms with E-state index in [4.69, 9.17) is 4.74 Å². The van der Waals surface area contributed by atoms with Crippen LogP contribution in [0.15, 0.2) is 23.1 Å². The Morgan fingerprint density at radius 3 is 2.75 bits per heavy atom. The second-order valence-electron chi connectivity index (χ2n) is 4.55. The van der Waals surface area contributed by atoms with Gasteiger partial charge in [0.2, 0.25) is 15.9 Å². The van der Waals surface area contributed by atoms with Crippen molar-refractivity contribution in [3.8, 4) is 5.75 Å². The zero-order chi connectivity index (χ0) is 14.8. The summed E-state index contributed by atoms with van der Waals surface area (Å²) in [6.07, 6.45) is 0. The van der Waals surface area contributed by atoms with Crippen LogP contribution < -0.4 is 10.1 Å². The second kappa shape index (κ2) is 5.80. The number of nitrogens with one attached hydrogen (secondary N) is 1. The molecule has 1 saturated heterocycles. The fourth-order valence-electron chi connectivity index (χ4n) is 2.07. The number of rotatable bonds is 4. The third-order valence-corrected chi connectivity index (χ3v) is 4.93. The number of benzene rings is 1. The van der Waals surface area contributed by atoms with E-state index in [1.807, 2.05) is 6.92 Å². The largest absolute Gasteiger partial charge is 0.494 e. The van der Waals surface area contributed by atoms with E-state index in [1.165, 1.54) is 10.4 Å². The van der Waals surface area contributed by atoms with Crippen LogP contribution in [0, 0.1) is 6.92 Å². The van der Waals surface area contributed by atoms with Crippen molar-refractivity contribution in [1.82, 2.24) is 9.62 Å². The summed E-state index contributed by atoms with van der Waals surface area (Å²) in [6, 6.07) is 4.74. The van der Waals surface area contributed by atoms with Crippen LogP contribution in [0.25, 0.3) is 0 Å². The number of ether oxygens (including phenoxy) is 1. The van der Waals surface area contributed by atoms with E-state index in [2.05, 4.69) is 5.32 Å². The quantitative estimate of drug-likeness (QED) is 0.879. The first-order valence-electron chi connectivity index (χ1n) is 6.45. The number of aryl methyl sites for hydroxylation is 1. The van der Waals surface area contributed by atoms with Crippen LogP contribution in [0.5, 0.6) is 5.75 Å². The second-order valence-corrected chi connectivity index (χ2v) is 6.49. The zero-order valence-corrected chi connectivity index (χ0v) is 12.4. The maximum absolute atomic E-state index is 12.5. The van der Waals surface area contributed by atoms with Gasteiger partial charge in [0, 0.05) is 13.1 Å². The predicted octanol–water partition coefficient (Wildman–Crippen LogP) is 0.514. The molecule has 0 bridgehead atoms. The van der Waals surface area contributed by atoms with Crippen molar-refractivity contribution < 1.29 is 17.9 Å². The van der Waals surface area contributed by atoms with Crippen LogP contribution in [0.1, 0.15) is 12.5 Å². The van der Waals surface area contributed by atoms with E-state index in [9.17, 15) is 13.2 Å². The van der Waals surface area contributed by atoms with Crippen LogP contribution in [-0.2, 0) is 14.8 Å². The van der Waals surface area contributed by atoms with Gasteiger partial charge < -0.3 is 10.1 Å². The molecule has 1 aliphatic rings. The number of carbonyl (C=O) groups is 1. The molecule has 1 N–H and O–H groups in total. The smallest absolute Gasteiger partial charge is 0.243 e. The third kappa shape index (κ3) is 2.94. The highest BCUT2D eigenvalue weighted by Gasteiger charge is 2.29. The van der Waals surface area contributed by atoms with Crippen molar-refractivity contribution >= 4 is 15.9 Å². The Morgan fingerprint density at radius 1 is 1.40 bits per heavy atom. The van der Waals surface area contributed by atoms with Gasteiger partial charge in [0.05, 0.1) is 18.0 Å². The summed E-state index contributed by atoms with van der Waals surface area (Å²) in [4.78, 5) is 11.5. The van der Waals surface area contributed by atoms with E-state index in [1.54, 1.807) is 19.1 Å². The summed E-state index contributed by atoms with van der Waals surface area (Å²) in [5.41, 5.74) is 0.759. The van der Waals surface area contributed by atoms with E-state index in [-0.39, 0.29) is 17.3 Å². The molecular weight excluding hydrogens is 280 g/mol. The van der Waals surface area contributed by atoms with Crippen LogP contribution in [0.3, 0.4) is 0 Å². The number of nitrogens with zero attached hydrogens (tertiary/aromatic N) is 1.